The van der Waals surface area contributed by atoms with Crippen LogP contribution in [0.5, 0.6) is 0 Å². The van der Waals surface area contributed by atoms with Crippen LogP contribution in [0.15, 0.2) is 33.7 Å². The van der Waals surface area contributed by atoms with Crippen LogP contribution in [-0.4, -0.2) is 44.1 Å². The van der Waals surface area contributed by atoms with Crippen LogP contribution in [0.25, 0.3) is 0 Å². The van der Waals surface area contributed by atoms with Crippen molar-refractivity contribution in [3.63, 3.8) is 0 Å². The molecule has 1 saturated heterocycles. The molecule has 0 atom stereocenters. The molecule has 0 aliphatic carbocycles. The maximum atomic E-state index is 4.17. The van der Waals surface area contributed by atoms with Crippen molar-refractivity contribution in [2.45, 2.75) is 25.4 Å². The number of hydrogen-bond acceptors (Lipinski definition) is 2. The molecule has 1 fully saturated rings. The van der Waals surface area contributed by atoms with Gasteiger partial charge in [-0.1, -0.05) is 28.1 Å². The van der Waals surface area contributed by atoms with Gasteiger partial charge in [-0.25, -0.2) is 0 Å². The zero-order chi connectivity index (χ0) is 14.4. The Hall–Kier alpha value is -0.340. The maximum absolute atomic E-state index is 4.17. The molecule has 21 heavy (non-hydrogen) atoms. The molecule has 1 aromatic rings. The first-order chi connectivity index (χ1) is 9.71. The second kappa shape index (κ2) is 9.63. The predicted octanol–water partition coefficient (Wildman–Crippen LogP) is 2.83. The Balaban J connectivity index is 0.00000220. The fraction of sp³-hybridized carbons (Fsp3) is 0.533. The third kappa shape index (κ3) is 6.12. The number of nitrogens with zero attached hydrogens (tertiary/aromatic N) is 2. The summed E-state index contributed by atoms with van der Waals surface area (Å²) in [6.07, 6.45) is 2.33. The second-order valence-electron chi connectivity index (χ2n) is 5.14. The lowest BCUT2D eigenvalue weighted by Crippen LogP contribution is -2.47. The lowest BCUT2D eigenvalue weighted by molar-refractivity contribution is 0.198. The molecule has 0 unspecified atom stereocenters. The van der Waals surface area contributed by atoms with E-state index in [2.05, 4.69) is 60.7 Å². The molecule has 4 nitrogen and oxygen atoms in total. The number of halogens is 2. The maximum Gasteiger partial charge on any atom is 0.190 e. The smallest absolute Gasteiger partial charge is 0.190 e. The third-order valence-electron chi connectivity index (χ3n) is 3.71. The molecule has 1 aliphatic heterocycles. The van der Waals surface area contributed by atoms with E-state index in [1.165, 1.54) is 5.56 Å². The van der Waals surface area contributed by atoms with Crippen LogP contribution < -0.4 is 10.6 Å². The van der Waals surface area contributed by atoms with E-state index in [0.717, 1.165) is 42.9 Å². The highest BCUT2D eigenvalue weighted by Gasteiger charge is 2.19. The molecule has 2 rings (SSSR count). The zero-order valence-corrected chi connectivity index (χ0v) is 16.5. The number of benzene rings is 1. The Bertz CT molecular complexity index is 441. The summed E-state index contributed by atoms with van der Waals surface area (Å²) in [7, 11) is 3.71. The quantitative estimate of drug-likeness (QED) is 0.408. The molecule has 118 valence electrons. The summed E-state index contributed by atoms with van der Waals surface area (Å²) in [5, 5.41) is 6.53. The topological polar surface area (TPSA) is 39.7 Å². The van der Waals surface area contributed by atoms with E-state index in [0.29, 0.717) is 6.04 Å². The number of aliphatic imine (C=N–C) groups is 1. The molecular formula is C15H24BrIN4. The van der Waals surface area contributed by atoms with E-state index in [4.69, 9.17) is 0 Å². The number of guanidine groups is 1. The van der Waals surface area contributed by atoms with Gasteiger partial charge in [-0.2, -0.15) is 0 Å². The first-order valence-electron chi connectivity index (χ1n) is 7.09. The van der Waals surface area contributed by atoms with Crippen molar-refractivity contribution in [3.8, 4) is 0 Å². The van der Waals surface area contributed by atoms with E-state index < -0.39 is 0 Å². The summed E-state index contributed by atoms with van der Waals surface area (Å²) in [6.45, 7) is 3.31. The van der Waals surface area contributed by atoms with Crippen molar-refractivity contribution < 1.29 is 0 Å². The van der Waals surface area contributed by atoms with Crippen molar-refractivity contribution in [3.05, 3.63) is 34.3 Å². The van der Waals surface area contributed by atoms with Crippen molar-refractivity contribution in [2.75, 3.05) is 27.2 Å². The lowest BCUT2D eigenvalue weighted by Gasteiger charge is -2.33. The van der Waals surface area contributed by atoms with Crippen LogP contribution >= 0.6 is 39.9 Å². The Labute approximate surface area is 152 Å². The predicted molar refractivity (Wildman–Crippen MR) is 103 cm³/mol. The second-order valence-corrected chi connectivity index (χ2v) is 6.06. The van der Waals surface area contributed by atoms with Gasteiger partial charge in [0.15, 0.2) is 5.96 Å². The van der Waals surface area contributed by atoms with Crippen LogP contribution in [-0.2, 0) is 6.54 Å². The van der Waals surface area contributed by atoms with Crippen LogP contribution in [0.1, 0.15) is 18.4 Å². The van der Waals surface area contributed by atoms with Crippen LogP contribution in [0.3, 0.4) is 0 Å². The normalized spacial score (nSPS) is 17.2. The minimum absolute atomic E-state index is 0. The molecule has 0 amide bonds. The number of likely N-dealkylation sites (tertiary alicyclic amines) is 1. The van der Waals surface area contributed by atoms with Gasteiger partial charge in [0.2, 0.25) is 0 Å². The monoisotopic (exact) mass is 466 g/mol. The van der Waals surface area contributed by atoms with Crippen molar-refractivity contribution in [1.29, 1.82) is 0 Å². The van der Waals surface area contributed by atoms with Gasteiger partial charge in [-0.3, -0.25) is 9.89 Å². The van der Waals surface area contributed by atoms with E-state index in [9.17, 15) is 0 Å². The molecule has 1 heterocycles. The average Bonchev–Trinajstić information content (AvgIpc) is 2.49. The first-order valence-corrected chi connectivity index (χ1v) is 7.88. The minimum atomic E-state index is 0. The fourth-order valence-electron chi connectivity index (χ4n) is 2.53. The zero-order valence-electron chi connectivity index (χ0n) is 12.6. The highest BCUT2D eigenvalue weighted by atomic mass is 127. The van der Waals surface area contributed by atoms with Crippen molar-refractivity contribution in [2.24, 2.45) is 4.99 Å². The van der Waals surface area contributed by atoms with Crippen LogP contribution in [0, 0.1) is 0 Å². The molecule has 2 N–H and O–H groups in total. The van der Waals surface area contributed by atoms with Gasteiger partial charge >= 0.3 is 0 Å². The molecule has 0 bridgehead atoms. The molecule has 6 heteroatoms. The largest absolute Gasteiger partial charge is 0.359 e. The van der Waals surface area contributed by atoms with E-state index >= 15 is 0 Å². The van der Waals surface area contributed by atoms with Gasteiger partial charge in [-0.15, -0.1) is 24.0 Å². The number of nitrogens with one attached hydrogen (secondary N) is 2. The first kappa shape index (κ1) is 18.7. The van der Waals surface area contributed by atoms with Gasteiger partial charge in [0.05, 0.1) is 0 Å². The summed E-state index contributed by atoms with van der Waals surface area (Å²) >= 11 is 3.48. The molecule has 0 saturated carbocycles. The van der Waals surface area contributed by atoms with E-state index in [-0.39, 0.29) is 24.0 Å². The standard InChI is InChI=1S/C15H23BrN4.HI/c1-17-15(18-2)19-14-7-9-20(10-8-14)11-12-3-5-13(16)6-4-12;/h3-6,14H,7-11H2,1-2H3,(H2,17,18,19);1H. The highest BCUT2D eigenvalue weighted by Crippen LogP contribution is 2.16. The number of hydrogen-bond donors (Lipinski definition) is 2. The Morgan fingerprint density at radius 3 is 2.43 bits per heavy atom. The van der Waals surface area contributed by atoms with Gasteiger partial charge in [0.1, 0.15) is 0 Å². The molecule has 0 aromatic heterocycles. The summed E-state index contributed by atoms with van der Waals surface area (Å²) in [4.78, 5) is 6.69. The number of piperidine rings is 1. The van der Waals surface area contributed by atoms with Crippen molar-refractivity contribution >= 4 is 45.9 Å². The average molecular weight is 467 g/mol. The Kier molecular flexibility index (Phi) is 8.58. The van der Waals surface area contributed by atoms with Gasteiger partial charge < -0.3 is 10.6 Å². The van der Waals surface area contributed by atoms with Gasteiger partial charge in [0, 0.05) is 44.2 Å². The molecule has 0 spiro atoms. The van der Waals surface area contributed by atoms with Crippen LogP contribution in [0.2, 0.25) is 0 Å². The highest BCUT2D eigenvalue weighted by molar-refractivity contribution is 14.0. The van der Waals surface area contributed by atoms with Gasteiger partial charge in [-0.05, 0) is 30.5 Å². The number of rotatable bonds is 3. The van der Waals surface area contributed by atoms with Crippen molar-refractivity contribution in [1.82, 2.24) is 15.5 Å². The summed E-state index contributed by atoms with van der Waals surface area (Å²) in [5.74, 6) is 0.886. The summed E-state index contributed by atoms with van der Waals surface area (Å²) < 4.78 is 1.14. The Morgan fingerprint density at radius 1 is 1.29 bits per heavy atom. The molecule has 1 aliphatic rings. The Morgan fingerprint density at radius 2 is 1.90 bits per heavy atom. The van der Waals surface area contributed by atoms with E-state index in [1.54, 1.807) is 0 Å². The fourth-order valence-corrected chi connectivity index (χ4v) is 2.79. The summed E-state index contributed by atoms with van der Waals surface area (Å²) in [6, 6.07) is 9.14. The summed E-state index contributed by atoms with van der Waals surface area (Å²) in [5.41, 5.74) is 1.38. The van der Waals surface area contributed by atoms with Gasteiger partial charge in [0.25, 0.3) is 0 Å². The van der Waals surface area contributed by atoms with E-state index in [1.807, 2.05) is 14.1 Å². The van der Waals surface area contributed by atoms with Crippen LogP contribution in [0.4, 0.5) is 0 Å². The minimum Gasteiger partial charge on any atom is -0.359 e. The molecule has 0 radical (unpaired) electrons. The third-order valence-corrected chi connectivity index (χ3v) is 4.24. The lowest BCUT2D eigenvalue weighted by atomic mass is 10.0. The SMILES string of the molecule is CN=C(NC)NC1CCN(Cc2ccc(Br)cc2)CC1.I. The molecular weight excluding hydrogens is 443 g/mol. The molecule has 1 aromatic carbocycles.